The molecule has 0 unspecified atom stereocenters. The summed E-state index contributed by atoms with van der Waals surface area (Å²) in [4.78, 5) is 11.3. The summed E-state index contributed by atoms with van der Waals surface area (Å²) in [6.45, 7) is 4.55. The molecule has 0 amide bonds. The molecule has 1 aromatic rings. The number of nitrogens with one attached hydrogen (secondary N) is 2. The fraction of sp³-hybridized carbons (Fsp3) is 0.533. The van der Waals surface area contributed by atoms with Crippen LogP contribution in [0.25, 0.3) is 0 Å². The lowest BCUT2D eigenvalue weighted by Gasteiger charge is -2.15. The summed E-state index contributed by atoms with van der Waals surface area (Å²) in [7, 11) is -2.32. The Bertz CT molecular complexity index is 631. The van der Waals surface area contributed by atoms with Crippen molar-refractivity contribution in [1.29, 1.82) is 0 Å². The molecule has 3 N–H and O–H groups in total. The van der Waals surface area contributed by atoms with Crippen molar-refractivity contribution < 1.29 is 23.1 Å². The van der Waals surface area contributed by atoms with Gasteiger partial charge in [0.1, 0.15) is 0 Å². The van der Waals surface area contributed by atoms with Crippen molar-refractivity contribution in [3.63, 3.8) is 0 Å². The lowest BCUT2D eigenvalue weighted by molar-refractivity contribution is 0.0697. The van der Waals surface area contributed by atoms with Crippen LogP contribution in [0.15, 0.2) is 23.1 Å². The molecule has 0 heterocycles. The molecule has 23 heavy (non-hydrogen) atoms. The fourth-order valence-electron chi connectivity index (χ4n) is 2.04. The second kappa shape index (κ2) is 8.85. The van der Waals surface area contributed by atoms with Crippen LogP contribution >= 0.6 is 0 Å². The minimum atomic E-state index is -3.80. The summed E-state index contributed by atoms with van der Waals surface area (Å²) < 4.78 is 31.9. The SMILES string of the molecule is CCCCNc1ccc(S(=O)(=O)N[C@H](C)COC)cc1C(=O)O. The van der Waals surface area contributed by atoms with Crippen molar-refractivity contribution >= 4 is 21.7 Å². The highest BCUT2D eigenvalue weighted by molar-refractivity contribution is 7.89. The molecular formula is C15H24N2O5S. The van der Waals surface area contributed by atoms with Gasteiger partial charge in [-0.1, -0.05) is 13.3 Å². The van der Waals surface area contributed by atoms with Gasteiger partial charge in [-0.15, -0.1) is 0 Å². The van der Waals surface area contributed by atoms with E-state index in [2.05, 4.69) is 10.0 Å². The van der Waals surface area contributed by atoms with Gasteiger partial charge in [-0.3, -0.25) is 0 Å². The van der Waals surface area contributed by atoms with Crippen molar-refractivity contribution in [1.82, 2.24) is 4.72 Å². The molecule has 0 aliphatic rings. The van der Waals surface area contributed by atoms with Crippen molar-refractivity contribution in [3.8, 4) is 0 Å². The minimum absolute atomic E-state index is 0.0663. The summed E-state index contributed by atoms with van der Waals surface area (Å²) in [5.74, 6) is -1.18. The van der Waals surface area contributed by atoms with Crippen molar-refractivity contribution in [2.24, 2.45) is 0 Å². The predicted molar refractivity (Wildman–Crippen MR) is 88.5 cm³/mol. The Hall–Kier alpha value is -1.64. The van der Waals surface area contributed by atoms with Gasteiger partial charge in [-0.2, -0.15) is 0 Å². The van der Waals surface area contributed by atoms with E-state index in [0.29, 0.717) is 12.2 Å². The largest absolute Gasteiger partial charge is 0.478 e. The highest BCUT2D eigenvalue weighted by Gasteiger charge is 2.20. The predicted octanol–water partition coefficient (Wildman–Crippen LogP) is 1.91. The molecule has 1 atom stereocenters. The topological polar surface area (TPSA) is 105 Å². The first-order valence-electron chi connectivity index (χ1n) is 7.44. The Morgan fingerprint density at radius 3 is 2.65 bits per heavy atom. The molecule has 1 rings (SSSR count). The molecule has 0 fully saturated rings. The van der Waals surface area contributed by atoms with E-state index < -0.39 is 22.0 Å². The molecule has 0 aromatic heterocycles. The number of hydrogen-bond acceptors (Lipinski definition) is 5. The number of hydrogen-bond donors (Lipinski definition) is 3. The normalized spacial score (nSPS) is 12.8. The molecule has 0 bridgehead atoms. The number of carboxylic acid groups (broad SMARTS) is 1. The van der Waals surface area contributed by atoms with Crippen LogP contribution in [0.3, 0.4) is 0 Å². The second-order valence-corrected chi connectivity index (χ2v) is 6.98. The maximum atomic E-state index is 12.3. The van der Waals surface area contributed by atoms with Gasteiger partial charge in [0.15, 0.2) is 0 Å². The van der Waals surface area contributed by atoms with E-state index in [1.165, 1.54) is 25.3 Å². The summed E-state index contributed by atoms with van der Waals surface area (Å²) >= 11 is 0. The van der Waals surface area contributed by atoms with Gasteiger partial charge in [0.05, 0.1) is 17.1 Å². The lowest BCUT2D eigenvalue weighted by atomic mass is 10.1. The third-order valence-electron chi connectivity index (χ3n) is 3.15. The van der Waals surface area contributed by atoms with Crippen LogP contribution in [0.4, 0.5) is 5.69 Å². The minimum Gasteiger partial charge on any atom is -0.478 e. The Morgan fingerprint density at radius 1 is 1.39 bits per heavy atom. The molecule has 7 nitrogen and oxygen atoms in total. The fourth-order valence-corrected chi connectivity index (χ4v) is 3.29. The number of sulfonamides is 1. The molecular weight excluding hydrogens is 320 g/mol. The van der Waals surface area contributed by atoms with E-state index in [0.717, 1.165) is 12.8 Å². The molecule has 0 saturated heterocycles. The van der Waals surface area contributed by atoms with Gasteiger partial charge in [0, 0.05) is 25.4 Å². The zero-order valence-corrected chi connectivity index (χ0v) is 14.4. The van der Waals surface area contributed by atoms with Crippen molar-refractivity contribution in [2.45, 2.75) is 37.6 Å². The van der Waals surface area contributed by atoms with E-state index in [-0.39, 0.29) is 17.1 Å². The smallest absolute Gasteiger partial charge is 0.337 e. The maximum Gasteiger partial charge on any atom is 0.337 e. The number of methoxy groups -OCH3 is 1. The number of aromatic carboxylic acids is 1. The maximum absolute atomic E-state index is 12.3. The van der Waals surface area contributed by atoms with E-state index >= 15 is 0 Å². The second-order valence-electron chi connectivity index (χ2n) is 5.27. The summed E-state index contributed by atoms with van der Waals surface area (Å²) in [6.07, 6.45) is 1.87. The van der Waals surface area contributed by atoms with Crippen LogP contribution in [-0.2, 0) is 14.8 Å². The molecule has 0 saturated carbocycles. The zero-order valence-electron chi connectivity index (χ0n) is 13.6. The first kappa shape index (κ1) is 19.4. The van der Waals surface area contributed by atoms with Crippen LogP contribution in [0, 0.1) is 0 Å². The van der Waals surface area contributed by atoms with Gasteiger partial charge >= 0.3 is 5.97 Å². The van der Waals surface area contributed by atoms with Gasteiger partial charge in [0.25, 0.3) is 0 Å². The molecule has 0 radical (unpaired) electrons. The van der Waals surface area contributed by atoms with Crippen LogP contribution in [0.5, 0.6) is 0 Å². The van der Waals surface area contributed by atoms with Crippen LogP contribution in [0.1, 0.15) is 37.0 Å². The first-order chi connectivity index (χ1) is 10.8. The van der Waals surface area contributed by atoms with Crippen LogP contribution < -0.4 is 10.0 Å². The van der Waals surface area contributed by atoms with Gasteiger partial charge in [0.2, 0.25) is 10.0 Å². The Labute approximate surface area is 137 Å². The van der Waals surface area contributed by atoms with Crippen molar-refractivity contribution in [2.75, 3.05) is 25.6 Å². The first-order valence-corrected chi connectivity index (χ1v) is 8.92. The van der Waals surface area contributed by atoms with E-state index in [1.54, 1.807) is 6.92 Å². The molecule has 0 spiro atoms. The number of carbonyl (C=O) groups is 1. The standard InChI is InChI=1S/C15H24N2O5S/c1-4-5-8-16-14-7-6-12(9-13(14)15(18)19)23(20,21)17-11(2)10-22-3/h6-7,9,11,16-17H,4-5,8,10H2,1-3H3,(H,18,19)/t11-/m1/s1. The lowest BCUT2D eigenvalue weighted by Crippen LogP contribution is -2.35. The Balaban J connectivity index is 3.04. The summed E-state index contributed by atoms with van der Waals surface area (Å²) in [5, 5.41) is 12.3. The average Bonchev–Trinajstić information content (AvgIpc) is 2.47. The highest BCUT2D eigenvalue weighted by Crippen LogP contribution is 2.21. The monoisotopic (exact) mass is 344 g/mol. The quantitative estimate of drug-likeness (QED) is 0.560. The summed E-state index contributed by atoms with van der Waals surface area (Å²) in [6, 6.07) is 3.62. The number of anilines is 1. The number of carboxylic acids is 1. The molecule has 0 aliphatic carbocycles. The van der Waals surface area contributed by atoms with Gasteiger partial charge in [-0.05, 0) is 31.5 Å². The van der Waals surface area contributed by atoms with Crippen LogP contribution in [-0.4, -0.2) is 45.8 Å². The zero-order chi connectivity index (χ0) is 17.5. The number of unbranched alkanes of at least 4 members (excludes halogenated alkanes) is 1. The molecule has 8 heteroatoms. The highest BCUT2D eigenvalue weighted by atomic mass is 32.2. The summed E-state index contributed by atoms with van der Waals surface area (Å²) in [5.41, 5.74) is 0.346. The third kappa shape index (κ3) is 5.81. The molecule has 130 valence electrons. The van der Waals surface area contributed by atoms with E-state index in [1.807, 2.05) is 6.92 Å². The third-order valence-corrected chi connectivity index (χ3v) is 4.74. The number of ether oxygens (including phenoxy) is 1. The van der Waals surface area contributed by atoms with E-state index in [9.17, 15) is 18.3 Å². The van der Waals surface area contributed by atoms with Crippen LogP contribution in [0.2, 0.25) is 0 Å². The average molecular weight is 344 g/mol. The van der Waals surface area contributed by atoms with Crippen molar-refractivity contribution in [3.05, 3.63) is 23.8 Å². The number of rotatable bonds is 10. The Kier molecular flexibility index (Phi) is 7.47. The Morgan fingerprint density at radius 2 is 2.09 bits per heavy atom. The van der Waals surface area contributed by atoms with Gasteiger partial charge in [-0.25, -0.2) is 17.9 Å². The van der Waals surface area contributed by atoms with E-state index in [4.69, 9.17) is 4.74 Å². The van der Waals surface area contributed by atoms with Gasteiger partial charge < -0.3 is 15.2 Å². The number of benzene rings is 1. The molecule has 0 aliphatic heterocycles. The molecule has 1 aromatic carbocycles.